The first-order chi connectivity index (χ1) is 14.4. The summed E-state index contributed by atoms with van der Waals surface area (Å²) >= 11 is 12.3. The molecule has 0 aliphatic rings. The molecule has 11 heteroatoms. The number of ether oxygens (including phenoxy) is 1. The van der Waals surface area contributed by atoms with Gasteiger partial charge in [0.05, 0.1) is 15.6 Å². The third-order valence-corrected chi connectivity index (χ3v) is 6.72. The van der Waals surface area contributed by atoms with E-state index < -0.39 is 10.0 Å². The van der Waals surface area contributed by atoms with E-state index in [9.17, 15) is 8.42 Å². The molecule has 0 spiro atoms. The van der Waals surface area contributed by atoms with Gasteiger partial charge in [-0.2, -0.15) is 8.99 Å². The minimum atomic E-state index is -3.81. The molecule has 0 radical (unpaired) electrons. The van der Waals surface area contributed by atoms with Crippen molar-refractivity contribution in [2.75, 3.05) is 19.8 Å². The van der Waals surface area contributed by atoms with Crippen LogP contribution in [0.1, 0.15) is 18.9 Å². The molecule has 8 nitrogen and oxygen atoms in total. The third kappa shape index (κ3) is 5.55. The van der Waals surface area contributed by atoms with Crippen molar-refractivity contribution >= 4 is 33.2 Å². The maximum atomic E-state index is 13.4. The van der Waals surface area contributed by atoms with E-state index in [0.29, 0.717) is 36.9 Å². The minimum absolute atomic E-state index is 0.0923. The average Bonchev–Trinajstić information content (AvgIpc) is 3.26. The number of rotatable bonds is 10. The molecule has 0 amide bonds. The first-order valence-electron chi connectivity index (χ1n) is 9.27. The zero-order valence-electron chi connectivity index (χ0n) is 16.3. The van der Waals surface area contributed by atoms with Crippen molar-refractivity contribution < 1.29 is 13.2 Å². The second kappa shape index (κ2) is 10.3. The molecular formula is C19H21Cl2N5O3S. The van der Waals surface area contributed by atoms with Gasteiger partial charge in [-0.05, 0) is 59.7 Å². The van der Waals surface area contributed by atoms with Crippen LogP contribution < -0.4 is 0 Å². The Morgan fingerprint density at radius 1 is 1.13 bits per heavy atom. The van der Waals surface area contributed by atoms with E-state index in [0.717, 1.165) is 5.56 Å². The maximum absolute atomic E-state index is 13.4. The zero-order valence-corrected chi connectivity index (χ0v) is 18.6. The van der Waals surface area contributed by atoms with Gasteiger partial charge in [-0.3, -0.25) is 0 Å². The van der Waals surface area contributed by atoms with Gasteiger partial charge in [-0.1, -0.05) is 35.3 Å². The molecule has 3 rings (SSSR count). The smallest absolute Gasteiger partial charge is 0.243 e. The average molecular weight is 470 g/mol. The van der Waals surface area contributed by atoms with Gasteiger partial charge in [-0.15, -0.1) is 5.10 Å². The van der Waals surface area contributed by atoms with Crippen molar-refractivity contribution in [1.82, 2.24) is 24.5 Å². The van der Waals surface area contributed by atoms with Crippen LogP contribution in [0.2, 0.25) is 10.0 Å². The number of tetrazole rings is 1. The van der Waals surface area contributed by atoms with E-state index >= 15 is 0 Å². The molecule has 2 aromatic carbocycles. The van der Waals surface area contributed by atoms with Crippen LogP contribution in [0.25, 0.3) is 5.69 Å². The summed E-state index contributed by atoms with van der Waals surface area (Å²) in [5.74, 6) is 0. The zero-order chi connectivity index (χ0) is 21.6. The summed E-state index contributed by atoms with van der Waals surface area (Å²) < 4.78 is 34.9. The van der Waals surface area contributed by atoms with E-state index in [-0.39, 0.29) is 16.5 Å². The summed E-state index contributed by atoms with van der Waals surface area (Å²) in [6.07, 6.45) is 1.95. The molecular weight excluding hydrogens is 449 g/mol. The van der Waals surface area contributed by atoms with Crippen LogP contribution in [-0.2, 0) is 21.3 Å². The van der Waals surface area contributed by atoms with Crippen LogP contribution in [0.15, 0.2) is 53.7 Å². The molecule has 0 aliphatic heterocycles. The van der Waals surface area contributed by atoms with E-state index in [4.69, 9.17) is 27.9 Å². The van der Waals surface area contributed by atoms with Gasteiger partial charge in [0.2, 0.25) is 10.0 Å². The van der Waals surface area contributed by atoms with E-state index in [2.05, 4.69) is 15.5 Å². The summed E-state index contributed by atoms with van der Waals surface area (Å²) in [5, 5.41) is 11.7. The van der Waals surface area contributed by atoms with Crippen molar-refractivity contribution in [3.05, 3.63) is 64.4 Å². The normalized spacial score (nSPS) is 11.9. The Hall–Kier alpha value is -2.04. The van der Waals surface area contributed by atoms with E-state index in [1.54, 1.807) is 30.3 Å². The number of nitrogens with zero attached hydrogens (tertiary/aromatic N) is 5. The molecule has 0 atom stereocenters. The lowest BCUT2D eigenvalue weighted by atomic mass is 10.2. The standard InChI is InChI=1S/C19H21Cl2N5O3S/c1-2-29-11-3-10-25(13-15-4-6-16(20)7-5-15)30(27,28)17-8-9-19(18(21)12-17)26-14-22-23-24-26/h4-9,12,14H,2-3,10-11,13H2,1H3. The molecule has 0 fully saturated rings. The third-order valence-electron chi connectivity index (χ3n) is 4.33. The van der Waals surface area contributed by atoms with Crippen molar-refractivity contribution in [2.45, 2.75) is 24.8 Å². The molecule has 0 N–H and O–H groups in total. The van der Waals surface area contributed by atoms with Gasteiger partial charge in [0, 0.05) is 31.3 Å². The van der Waals surface area contributed by atoms with Crippen LogP contribution in [-0.4, -0.2) is 52.7 Å². The van der Waals surface area contributed by atoms with E-state index in [1.807, 2.05) is 6.92 Å². The molecule has 1 heterocycles. The Bertz CT molecular complexity index is 1060. The summed E-state index contributed by atoms with van der Waals surface area (Å²) in [5.41, 5.74) is 1.32. The predicted octanol–water partition coefficient (Wildman–Crippen LogP) is 3.59. The first kappa shape index (κ1) is 22.6. The molecule has 1 aromatic heterocycles. The van der Waals surface area contributed by atoms with Gasteiger partial charge in [0.25, 0.3) is 0 Å². The second-order valence-electron chi connectivity index (χ2n) is 6.38. The fourth-order valence-electron chi connectivity index (χ4n) is 2.82. The van der Waals surface area contributed by atoms with Gasteiger partial charge in [0.1, 0.15) is 6.33 Å². The van der Waals surface area contributed by atoms with Crippen molar-refractivity contribution in [1.29, 1.82) is 0 Å². The maximum Gasteiger partial charge on any atom is 0.243 e. The number of aromatic nitrogens is 4. The monoisotopic (exact) mass is 469 g/mol. The second-order valence-corrected chi connectivity index (χ2v) is 9.16. The van der Waals surface area contributed by atoms with Crippen molar-refractivity contribution in [2.24, 2.45) is 0 Å². The molecule has 0 bridgehead atoms. The summed E-state index contributed by atoms with van der Waals surface area (Å²) in [6, 6.07) is 11.6. The topological polar surface area (TPSA) is 90.2 Å². The molecule has 0 unspecified atom stereocenters. The number of sulfonamides is 1. The lowest BCUT2D eigenvalue weighted by Gasteiger charge is -2.23. The number of hydrogen-bond acceptors (Lipinski definition) is 6. The minimum Gasteiger partial charge on any atom is -0.382 e. The Labute approximate surface area is 185 Å². The van der Waals surface area contributed by atoms with Crippen LogP contribution in [0.4, 0.5) is 0 Å². The largest absolute Gasteiger partial charge is 0.382 e. The van der Waals surface area contributed by atoms with Gasteiger partial charge >= 0.3 is 0 Å². The first-order valence-corrected chi connectivity index (χ1v) is 11.5. The molecule has 30 heavy (non-hydrogen) atoms. The lowest BCUT2D eigenvalue weighted by molar-refractivity contribution is 0.140. The number of hydrogen-bond donors (Lipinski definition) is 0. The SMILES string of the molecule is CCOCCCN(Cc1ccc(Cl)cc1)S(=O)(=O)c1ccc(-n2cnnn2)c(Cl)c1. The summed E-state index contributed by atoms with van der Waals surface area (Å²) in [7, 11) is -3.81. The highest BCUT2D eigenvalue weighted by Gasteiger charge is 2.25. The quantitative estimate of drug-likeness (QED) is 0.421. The Morgan fingerprint density at radius 2 is 1.90 bits per heavy atom. The highest BCUT2D eigenvalue weighted by molar-refractivity contribution is 7.89. The Morgan fingerprint density at radius 3 is 2.53 bits per heavy atom. The van der Waals surface area contributed by atoms with Gasteiger partial charge < -0.3 is 4.74 Å². The Kier molecular flexibility index (Phi) is 7.79. The molecule has 0 saturated carbocycles. The predicted molar refractivity (Wildman–Crippen MR) is 114 cm³/mol. The van der Waals surface area contributed by atoms with E-state index in [1.165, 1.54) is 27.4 Å². The van der Waals surface area contributed by atoms with Crippen LogP contribution in [0.5, 0.6) is 0 Å². The number of benzene rings is 2. The summed E-state index contributed by atoms with van der Waals surface area (Å²) in [6.45, 7) is 3.46. The van der Waals surface area contributed by atoms with Crippen molar-refractivity contribution in [3.63, 3.8) is 0 Å². The molecule has 3 aromatic rings. The van der Waals surface area contributed by atoms with Crippen LogP contribution in [0, 0.1) is 0 Å². The van der Waals surface area contributed by atoms with Gasteiger partial charge in [0.15, 0.2) is 0 Å². The highest BCUT2D eigenvalue weighted by atomic mass is 35.5. The van der Waals surface area contributed by atoms with Gasteiger partial charge in [-0.25, -0.2) is 8.42 Å². The van der Waals surface area contributed by atoms with Crippen LogP contribution in [0.3, 0.4) is 0 Å². The molecule has 0 aliphatic carbocycles. The summed E-state index contributed by atoms with van der Waals surface area (Å²) in [4.78, 5) is 0.0923. The highest BCUT2D eigenvalue weighted by Crippen LogP contribution is 2.26. The Balaban J connectivity index is 1.87. The lowest BCUT2D eigenvalue weighted by Crippen LogP contribution is -2.32. The fraction of sp³-hybridized carbons (Fsp3) is 0.316. The molecule has 160 valence electrons. The van der Waals surface area contributed by atoms with Crippen LogP contribution >= 0.6 is 23.2 Å². The fourth-order valence-corrected chi connectivity index (χ4v) is 4.77. The molecule has 0 saturated heterocycles. The number of halogens is 2. The van der Waals surface area contributed by atoms with Crippen molar-refractivity contribution in [3.8, 4) is 5.69 Å².